The number of para-hydroxylation sites is 1. The van der Waals surface area contributed by atoms with Crippen molar-refractivity contribution < 1.29 is 29.0 Å². The number of amides is 3. The van der Waals surface area contributed by atoms with Crippen LogP contribution in [0.1, 0.15) is 125 Å². The molecular formula is C67H70ClN14O6S+. The molecule has 0 unspecified atom stereocenters. The number of aromatic carboxylic acids is 1. The van der Waals surface area contributed by atoms with Crippen molar-refractivity contribution in [3.8, 4) is 11.5 Å². The smallest absolute Gasteiger partial charge is 0.336 e. The first-order valence-corrected chi connectivity index (χ1v) is 32.1. The molecule has 0 aliphatic carbocycles. The highest BCUT2D eigenvalue weighted by molar-refractivity contribution is 7.17. The molecule has 6 aliphatic rings. The zero-order chi connectivity index (χ0) is 61.4. The predicted molar refractivity (Wildman–Crippen MR) is 346 cm³/mol. The van der Waals surface area contributed by atoms with E-state index in [4.69, 9.17) is 21.3 Å². The average molecular weight is 1230 g/mol. The Kier molecular flexibility index (Phi) is 16.8. The normalized spacial score (nSPS) is 15.9. The summed E-state index contributed by atoms with van der Waals surface area (Å²) in [6.45, 7) is 12.4. The second kappa shape index (κ2) is 25.3. The molecule has 20 nitrogen and oxygen atoms in total. The number of hydrogen-bond donors (Lipinski definition) is 4. The molecule has 456 valence electrons. The van der Waals surface area contributed by atoms with Crippen molar-refractivity contribution in [1.29, 1.82) is 0 Å². The van der Waals surface area contributed by atoms with Crippen LogP contribution in [0.3, 0.4) is 0 Å². The third-order valence-corrected chi connectivity index (χ3v) is 19.3. The van der Waals surface area contributed by atoms with Gasteiger partial charge in [0.15, 0.2) is 5.13 Å². The Morgan fingerprint density at radius 3 is 2.45 bits per heavy atom. The largest absolute Gasteiger partial charge is 0.478 e. The Morgan fingerprint density at radius 2 is 1.62 bits per heavy atom. The molecule has 3 amide bonds. The van der Waals surface area contributed by atoms with Crippen LogP contribution in [-0.4, -0.2) is 126 Å². The lowest BCUT2D eigenvalue weighted by molar-refractivity contribution is -0.133. The van der Waals surface area contributed by atoms with Crippen LogP contribution in [0.15, 0.2) is 84.1 Å². The molecule has 6 aliphatic heterocycles. The second-order valence-electron chi connectivity index (χ2n) is 24.0. The third-order valence-electron chi connectivity index (χ3n) is 18.1. The predicted octanol–water partition coefficient (Wildman–Crippen LogP) is 9.94. The van der Waals surface area contributed by atoms with Crippen molar-refractivity contribution in [1.82, 2.24) is 34.6 Å². The first-order chi connectivity index (χ1) is 43.2. The Balaban J connectivity index is 0.740. The number of rotatable bonds is 16. The van der Waals surface area contributed by atoms with Crippen molar-refractivity contribution in [3.63, 3.8) is 0 Å². The molecule has 1 saturated heterocycles. The van der Waals surface area contributed by atoms with Crippen molar-refractivity contribution in [2.75, 3.05) is 92.4 Å². The van der Waals surface area contributed by atoms with Gasteiger partial charge in [0.2, 0.25) is 11.3 Å². The lowest BCUT2D eigenvalue weighted by atomic mass is 9.82. The number of thiazole rings is 1. The van der Waals surface area contributed by atoms with Crippen LogP contribution in [0, 0.1) is 20.8 Å². The minimum Gasteiger partial charge on any atom is -0.478 e. The Morgan fingerprint density at radius 1 is 0.809 bits per heavy atom. The van der Waals surface area contributed by atoms with Gasteiger partial charge in [-0.15, -0.1) is 0 Å². The summed E-state index contributed by atoms with van der Waals surface area (Å²) in [5, 5.41) is 27.3. The molecule has 7 aromatic rings. The van der Waals surface area contributed by atoms with E-state index in [1.807, 2.05) is 51.1 Å². The molecule has 13 rings (SSSR count). The average Bonchev–Trinajstić information content (AvgIpc) is 1.30. The van der Waals surface area contributed by atoms with E-state index in [1.165, 1.54) is 50.8 Å². The molecule has 2 aromatic heterocycles. The number of nitrogens with one attached hydrogen (secondary N) is 3. The van der Waals surface area contributed by atoms with Crippen LogP contribution in [0.25, 0.3) is 16.0 Å². The molecule has 8 heterocycles. The van der Waals surface area contributed by atoms with Gasteiger partial charge in [-0.25, -0.2) is 24.3 Å². The van der Waals surface area contributed by atoms with E-state index in [1.54, 1.807) is 35.2 Å². The van der Waals surface area contributed by atoms with Gasteiger partial charge < -0.3 is 40.5 Å². The van der Waals surface area contributed by atoms with E-state index in [0.717, 1.165) is 135 Å². The topological polar surface area (TPSA) is 237 Å². The number of carboxylic acids is 1. The highest BCUT2D eigenvalue weighted by atomic mass is 35.5. The van der Waals surface area contributed by atoms with Crippen LogP contribution in [-0.2, 0) is 37.0 Å². The number of anilines is 5. The van der Waals surface area contributed by atoms with Crippen LogP contribution >= 0.6 is 22.9 Å². The molecule has 0 saturated carbocycles. The van der Waals surface area contributed by atoms with Crippen LogP contribution < -0.4 is 45.6 Å². The zero-order valence-electron chi connectivity index (χ0n) is 50.3. The molecule has 0 atom stereocenters. The Labute approximate surface area is 524 Å². The zero-order valence-corrected chi connectivity index (χ0v) is 51.8. The number of piperazine rings is 1. The molecule has 5 aromatic carbocycles. The number of fused-ring (bicyclic) bond motifs is 4. The standard InChI is InChI=1S/C67H69ClN14O6S/c1-39-17-18-42(31-53(39)76-77-69)37-82(57(83)38-78-27-29-79(30-28-78)56-35-55(72-41(3)73-56)74-67-71-36-54(89-67)65(85)75-59-40(2)11-8-16-52(59)68)26-21-70-64(84)45-19-20-46(66(86)87)49(34-45)58-50-32-43-12-4-6-22-80-24-9-14-47(60(43)80)62(50)88-63-48-15-10-25-81-23-7-5-13-44(61(48)81)33-51(58)63/h8,11,16-20,31-36H,4-7,9-10,12-15,21-30,37-38H2,1-3H3,(H3-,70,71,72,73,74,75,84,85,86,87)/p+1. The summed E-state index contributed by atoms with van der Waals surface area (Å²) in [5.74, 6) is 1.42. The maximum Gasteiger partial charge on any atom is 0.336 e. The Hall–Kier alpha value is -8.88. The minimum atomic E-state index is -1.09. The number of azide groups is 1. The van der Waals surface area contributed by atoms with Crippen molar-refractivity contribution in [2.45, 2.75) is 91.5 Å². The Bertz CT molecular complexity index is 4210. The van der Waals surface area contributed by atoms with Gasteiger partial charge in [-0.1, -0.05) is 52.3 Å². The fourth-order valence-electron chi connectivity index (χ4n) is 13.7. The van der Waals surface area contributed by atoms with Crippen molar-refractivity contribution in [2.24, 2.45) is 5.11 Å². The lowest BCUT2D eigenvalue weighted by Gasteiger charge is -2.36. The summed E-state index contributed by atoms with van der Waals surface area (Å²) < 4.78 is 9.86. The number of aromatic nitrogens is 3. The fraction of sp³-hybridized carbons (Fsp3) is 0.373. The van der Waals surface area contributed by atoms with Gasteiger partial charge in [0.25, 0.3) is 11.8 Å². The van der Waals surface area contributed by atoms with Crippen molar-refractivity contribution >= 4 is 86.0 Å². The van der Waals surface area contributed by atoms with Gasteiger partial charge in [0.05, 0.1) is 34.6 Å². The molecule has 89 heavy (non-hydrogen) atoms. The van der Waals surface area contributed by atoms with Crippen molar-refractivity contribution in [3.05, 3.63) is 177 Å². The first kappa shape index (κ1) is 59.1. The van der Waals surface area contributed by atoms with Gasteiger partial charge in [-0.2, -0.15) is 0 Å². The molecule has 0 bridgehead atoms. The van der Waals surface area contributed by atoms with E-state index in [-0.39, 0.29) is 43.6 Å². The summed E-state index contributed by atoms with van der Waals surface area (Å²) in [6, 6.07) is 22.2. The summed E-state index contributed by atoms with van der Waals surface area (Å²) in [6.07, 6.45) is 11.4. The molecular weight excluding hydrogens is 1160 g/mol. The number of benzene rings is 5. The summed E-state index contributed by atoms with van der Waals surface area (Å²) in [7, 11) is 0. The number of ether oxygens (including phenoxy) is 1. The quantitative estimate of drug-likeness (QED) is 0.0305. The monoisotopic (exact) mass is 1230 g/mol. The summed E-state index contributed by atoms with van der Waals surface area (Å²) >= 11 is 7.56. The van der Waals surface area contributed by atoms with Gasteiger partial charge in [0.1, 0.15) is 46.9 Å². The maximum atomic E-state index is 14.7. The fourth-order valence-corrected chi connectivity index (χ4v) is 14.7. The number of nitrogens with zero attached hydrogens (tertiary/aromatic N) is 11. The van der Waals surface area contributed by atoms with E-state index < -0.39 is 11.9 Å². The van der Waals surface area contributed by atoms with Crippen LogP contribution in [0.4, 0.5) is 33.8 Å². The molecule has 4 N–H and O–H groups in total. The van der Waals surface area contributed by atoms with E-state index in [2.05, 4.69) is 67.4 Å². The van der Waals surface area contributed by atoms with Gasteiger partial charge >= 0.3 is 5.97 Å². The highest BCUT2D eigenvalue weighted by Crippen LogP contribution is 2.49. The van der Waals surface area contributed by atoms with E-state index >= 15 is 0 Å². The SMILES string of the molecule is Cc1nc(Nc2ncc(C(=O)Nc3c(C)cccc3Cl)s2)cc(N2CCN(CC(=O)N(CCNC(=O)c3ccc(C(=O)O)c(C4=c5cc6c7c(c5Oc5c4cc4c8c5CCCN8CCCC4)CCC[N+]=7CCCC6)c3)Cc3ccc(C)c(N=[N+]=[N-])c3)CC2)n1. The molecule has 1 fully saturated rings. The molecule has 0 spiro atoms. The van der Waals surface area contributed by atoms with Gasteiger partial charge in [-0.05, 0) is 148 Å². The van der Waals surface area contributed by atoms with E-state index in [0.29, 0.717) is 81.2 Å². The van der Waals surface area contributed by atoms with Gasteiger partial charge in [0, 0.05) is 127 Å². The first-order valence-electron chi connectivity index (χ1n) is 30.9. The maximum absolute atomic E-state index is 14.7. The number of hydrogen-bond acceptors (Lipinski definition) is 14. The number of carboxylic acid groups (broad SMARTS) is 1. The summed E-state index contributed by atoms with van der Waals surface area (Å²) in [5.41, 5.74) is 21.5. The van der Waals surface area contributed by atoms with Gasteiger partial charge in [-0.3, -0.25) is 19.3 Å². The highest BCUT2D eigenvalue weighted by Gasteiger charge is 2.37. The number of carbonyl (C=O) groups excluding carboxylic acids is 3. The third kappa shape index (κ3) is 12.1. The van der Waals surface area contributed by atoms with Crippen LogP contribution in [0.2, 0.25) is 5.02 Å². The second-order valence-corrected chi connectivity index (χ2v) is 25.4. The number of aryl methyl sites for hydroxylation is 5. The minimum absolute atomic E-state index is 0.0959. The number of carbonyl (C=O) groups is 4. The van der Waals surface area contributed by atoms with Crippen LogP contribution in [0.5, 0.6) is 11.5 Å². The molecule has 22 heteroatoms. The number of halogens is 1. The lowest BCUT2D eigenvalue weighted by Crippen LogP contribution is -2.51. The summed E-state index contributed by atoms with van der Waals surface area (Å²) in [4.78, 5) is 81.7. The van der Waals surface area contributed by atoms with E-state index in [9.17, 15) is 29.8 Å². The molecule has 0 radical (unpaired) electrons.